The molecule has 22 heavy (non-hydrogen) atoms. The summed E-state index contributed by atoms with van der Waals surface area (Å²) in [7, 11) is -3.38. The second-order valence-electron chi connectivity index (χ2n) is 5.70. The molecule has 0 aromatic heterocycles. The van der Waals surface area contributed by atoms with Crippen molar-refractivity contribution in [3.63, 3.8) is 0 Å². The minimum atomic E-state index is -3.38. The van der Waals surface area contributed by atoms with E-state index < -0.39 is 19.2 Å². The van der Waals surface area contributed by atoms with Crippen LogP contribution in [0.4, 0.5) is 0 Å². The third-order valence-electron chi connectivity index (χ3n) is 3.40. The van der Waals surface area contributed by atoms with Crippen molar-refractivity contribution < 1.29 is 19.1 Å². The summed E-state index contributed by atoms with van der Waals surface area (Å²) in [5.41, 5.74) is 9.44. The predicted octanol–water partition coefficient (Wildman–Crippen LogP) is 1.75. The highest BCUT2D eigenvalue weighted by molar-refractivity contribution is 7.21. The first-order chi connectivity index (χ1) is 10.3. The molecule has 0 amide bonds. The van der Waals surface area contributed by atoms with Gasteiger partial charge >= 0.3 is 19.5 Å². The summed E-state index contributed by atoms with van der Waals surface area (Å²) in [6.07, 6.45) is 1.56. The molecule has 0 aliphatic carbocycles. The van der Waals surface area contributed by atoms with Gasteiger partial charge in [0.15, 0.2) is 0 Å². The van der Waals surface area contributed by atoms with Gasteiger partial charge in [-0.25, -0.2) is 14.2 Å². The summed E-state index contributed by atoms with van der Waals surface area (Å²) in [5.74, 6) is -0.769. The van der Waals surface area contributed by atoms with Gasteiger partial charge in [-0.15, -0.1) is 0 Å². The maximum Gasteiger partial charge on any atom is 0.413 e. The van der Waals surface area contributed by atoms with Crippen molar-refractivity contribution in [1.29, 1.82) is 0 Å². The van der Waals surface area contributed by atoms with Crippen molar-refractivity contribution in [2.75, 3.05) is 6.61 Å². The molecule has 0 aliphatic heterocycles. The van der Waals surface area contributed by atoms with E-state index in [1.54, 1.807) is 37.3 Å². The normalized spacial score (nSPS) is 13.3. The number of ether oxygens (including phenoxy) is 1. The van der Waals surface area contributed by atoms with Crippen LogP contribution in [-0.4, -0.2) is 37.0 Å². The molecule has 1 unspecified atom stereocenters. The number of nitrogens with zero attached hydrogens (tertiary/aromatic N) is 3. The van der Waals surface area contributed by atoms with Gasteiger partial charge in [0.05, 0.1) is 6.61 Å². The molecule has 0 N–H and O–H groups in total. The Labute approximate surface area is 130 Å². The molecule has 1 aromatic rings. The van der Waals surface area contributed by atoms with Gasteiger partial charge in [-0.1, -0.05) is 51.1 Å². The second-order valence-corrected chi connectivity index (χ2v) is 9.89. The monoisotopic (exact) mass is 317 g/mol. The summed E-state index contributed by atoms with van der Waals surface area (Å²) >= 11 is 0. The number of rotatable bonds is 5. The van der Waals surface area contributed by atoms with E-state index in [9.17, 15) is 15.1 Å². The standard InChI is InChI=1S/C15H19N3O3Si/c1-5-21-14(20)13(18-16)22(17-11-19,15(2,3)4)12-9-7-6-8-10-12/h6-10H,5H2,1-4H3. The molecular weight excluding hydrogens is 298 g/mol. The molecule has 6 nitrogen and oxygen atoms in total. The molecule has 1 aromatic carbocycles. The molecule has 0 aliphatic rings. The topological polar surface area (TPSA) is 92.1 Å². The molecule has 0 bridgehead atoms. The van der Waals surface area contributed by atoms with Crippen LogP contribution in [0.25, 0.3) is 5.53 Å². The minimum Gasteiger partial charge on any atom is -0.458 e. The van der Waals surface area contributed by atoms with Gasteiger partial charge in [-0.3, -0.25) is 0 Å². The Bertz CT molecular complexity index is 642. The lowest BCUT2D eigenvalue weighted by Crippen LogP contribution is -2.63. The zero-order chi connectivity index (χ0) is 16.8. The van der Waals surface area contributed by atoms with Gasteiger partial charge in [0.2, 0.25) is 6.08 Å². The zero-order valence-corrected chi connectivity index (χ0v) is 14.2. The first-order valence-electron chi connectivity index (χ1n) is 6.89. The Morgan fingerprint density at radius 3 is 2.36 bits per heavy atom. The molecule has 1 atom stereocenters. The van der Waals surface area contributed by atoms with Crippen molar-refractivity contribution in [3.8, 4) is 0 Å². The first kappa shape index (κ1) is 17.7. The maximum absolute atomic E-state index is 12.2. The van der Waals surface area contributed by atoms with E-state index in [1.165, 1.54) is 0 Å². The number of carbonyl (C=O) groups is 1. The Morgan fingerprint density at radius 2 is 1.95 bits per heavy atom. The fourth-order valence-electron chi connectivity index (χ4n) is 2.42. The van der Waals surface area contributed by atoms with Gasteiger partial charge in [-0.05, 0) is 17.1 Å². The number of benzene rings is 1. The smallest absolute Gasteiger partial charge is 0.413 e. The largest absolute Gasteiger partial charge is 0.458 e. The Morgan fingerprint density at radius 1 is 1.36 bits per heavy atom. The average molecular weight is 317 g/mol. The molecule has 116 valence electrons. The molecule has 0 fully saturated rings. The minimum absolute atomic E-state index is 0.131. The summed E-state index contributed by atoms with van der Waals surface area (Å²) in [6, 6.07) is 8.91. The Kier molecular flexibility index (Phi) is 5.71. The number of isocyanates is 1. The molecule has 0 radical (unpaired) electrons. The molecular formula is C15H19N3O3Si. The van der Waals surface area contributed by atoms with E-state index in [4.69, 9.17) is 4.74 Å². The van der Waals surface area contributed by atoms with E-state index in [1.807, 2.05) is 26.8 Å². The van der Waals surface area contributed by atoms with Crippen LogP contribution in [0.5, 0.6) is 0 Å². The fraction of sp³-hybridized carbons (Fsp3) is 0.400. The van der Waals surface area contributed by atoms with E-state index in [0.29, 0.717) is 5.19 Å². The zero-order valence-electron chi connectivity index (χ0n) is 13.2. The molecule has 7 heteroatoms. The van der Waals surface area contributed by atoms with Crippen molar-refractivity contribution in [2.24, 2.45) is 4.66 Å². The third kappa shape index (κ3) is 3.12. The first-order valence-corrected chi connectivity index (χ1v) is 8.84. The second kappa shape index (κ2) is 7.09. The van der Waals surface area contributed by atoms with Crippen molar-refractivity contribution in [1.82, 2.24) is 0 Å². The van der Waals surface area contributed by atoms with Crippen molar-refractivity contribution in [2.45, 2.75) is 32.7 Å². The SMILES string of the molecule is CCOC(=O)C(=[N+]=[N-])[Si](N=C=O)(c1ccccc1)C(C)(C)C. The van der Waals surface area contributed by atoms with Crippen LogP contribution in [0.15, 0.2) is 35.0 Å². The molecule has 0 saturated heterocycles. The lowest BCUT2D eigenvalue weighted by Gasteiger charge is -2.33. The van der Waals surface area contributed by atoms with Gasteiger partial charge in [0.25, 0.3) is 0 Å². The maximum atomic E-state index is 12.2. The van der Waals surface area contributed by atoms with Crippen LogP contribution in [0.3, 0.4) is 0 Å². The van der Waals surface area contributed by atoms with Crippen LogP contribution in [0.1, 0.15) is 27.7 Å². The van der Waals surface area contributed by atoms with Crippen LogP contribution in [0, 0.1) is 0 Å². The van der Waals surface area contributed by atoms with E-state index >= 15 is 0 Å². The highest BCUT2D eigenvalue weighted by atomic mass is 28.3. The number of carbonyl (C=O) groups excluding carboxylic acids is 2. The van der Waals surface area contributed by atoms with Crippen molar-refractivity contribution >= 4 is 30.8 Å². The van der Waals surface area contributed by atoms with Crippen LogP contribution in [0.2, 0.25) is 5.04 Å². The van der Waals surface area contributed by atoms with Gasteiger partial charge in [0, 0.05) is 0 Å². The van der Waals surface area contributed by atoms with Gasteiger partial charge in [0.1, 0.15) is 0 Å². The fourth-order valence-corrected chi connectivity index (χ4v) is 6.16. The third-order valence-corrected chi connectivity index (χ3v) is 8.16. The summed E-state index contributed by atoms with van der Waals surface area (Å²) in [6.45, 7) is 7.32. The van der Waals surface area contributed by atoms with E-state index in [0.717, 1.165) is 0 Å². The van der Waals surface area contributed by atoms with Crippen LogP contribution >= 0.6 is 0 Å². The molecule has 0 spiro atoms. The van der Waals surface area contributed by atoms with Crippen LogP contribution < -0.4 is 5.19 Å². The van der Waals surface area contributed by atoms with Crippen LogP contribution in [-0.2, 0) is 14.3 Å². The van der Waals surface area contributed by atoms with Gasteiger partial charge in [-0.2, -0.15) is 4.79 Å². The highest BCUT2D eigenvalue weighted by Crippen LogP contribution is 2.37. The number of hydrogen-bond donors (Lipinski definition) is 0. The van der Waals surface area contributed by atoms with E-state index in [-0.39, 0.29) is 11.9 Å². The summed E-state index contributed by atoms with van der Waals surface area (Å²) in [4.78, 5) is 26.5. The van der Waals surface area contributed by atoms with Gasteiger partial charge < -0.3 is 10.3 Å². The highest BCUT2D eigenvalue weighted by Gasteiger charge is 2.62. The molecule has 0 saturated carbocycles. The van der Waals surface area contributed by atoms with E-state index in [2.05, 4.69) is 9.45 Å². The quantitative estimate of drug-likeness (QED) is 0.207. The lowest BCUT2D eigenvalue weighted by molar-refractivity contribution is -0.139. The molecule has 0 heterocycles. The molecule has 1 rings (SSSR count). The Balaban J connectivity index is 3.76. The summed E-state index contributed by atoms with van der Waals surface area (Å²) in [5, 5.41) is -0.150. The summed E-state index contributed by atoms with van der Waals surface area (Å²) < 4.78 is 8.99. The average Bonchev–Trinajstić information content (AvgIpc) is 2.47. The van der Waals surface area contributed by atoms with Crippen molar-refractivity contribution in [3.05, 3.63) is 35.9 Å². The number of hydrogen-bond acceptors (Lipinski definition) is 4. The number of esters is 1. The Hall–Kier alpha value is -2.33. The predicted molar refractivity (Wildman–Crippen MR) is 84.9 cm³/mol. The lowest BCUT2D eigenvalue weighted by atomic mass is 10.2.